The van der Waals surface area contributed by atoms with Crippen molar-refractivity contribution in [3.8, 4) is 5.75 Å². The monoisotopic (exact) mass is 364 g/mol. The van der Waals surface area contributed by atoms with Gasteiger partial charge in [-0.25, -0.2) is 0 Å². The minimum Gasteiger partial charge on any atom is -0.434 e. The summed E-state index contributed by atoms with van der Waals surface area (Å²) in [4.78, 5) is 11.8. The zero-order chi connectivity index (χ0) is 16.0. The molecule has 0 saturated heterocycles. The largest absolute Gasteiger partial charge is 0.434 e. The summed E-state index contributed by atoms with van der Waals surface area (Å²) in [5, 5.41) is 5.76. The van der Waals surface area contributed by atoms with Crippen molar-refractivity contribution in [2.45, 2.75) is 46.0 Å². The normalized spacial score (nSPS) is 12.6. The summed E-state index contributed by atoms with van der Waals surface area (Å²) in [5.74, 6) is -0.0477. The second-order valence-electron chi connectivity index (χ2n) is 4.90. The molecule has 1 aromatic rings. The third kappa shape index (κ3) is 6.39. The van der Waals surface area contributed by atoms with E-state index >= 15 is 0 Å². The van der Waals surface area contributed by atoms with E-state index in [-0.39, 0.29) is 24.2 Å². The summed E-state index contributed by atoms with van der Waals surface area (Å²) in [6, 6.07) is 4.37. The third-order valence-corrected chi connectivity index (χ3v) is 3.15. The van der Waals surface area contributed by atoms with Crippen molar-refractivity contribution in [2.75, 3.05) is 0 Å². The van der Waals surface area contributed by atoms with E-state index in [0.717, 1.165) is 4.47 Å². The standard InChI is InChI=1S/C14H19BrF2N2O2/c1-8(2)19-13(20)9(3)18-7-10-6-11(15)4-5-12(10)21-14(16)17/h4-6,8-9,14,18H,7H2,1-3H3,(H,19,20). The van der Waals surface area contributed by atoms with Crippen LogP contribution in [0.2, 0.25) is 0 Å². The second-order valence-corrected chi connectivity index (χ2v) is 5.81. The van der Waals surface area contributed by atoms with E-state index in [2.05, 4.69) is 31.3 Å². The van der Waals surface area contributed by atoms with Crippen LogP contribution in [0.1, 0.15) is 26.3 Å². The van der Waals surface area contributed by atoms with Gasteiger partial charge >= 0.3 is 6.61 Å². The van der Waals surface area contributed by atoms with Crippen LogP contribution in [0.3, 0.4) is 0 Å². The number of ether oxygens (including phenoxy) is 1. The van der Waals surface area contributed by atoms with Crippen molar-refractivity contribution < 1.29 is 18.3 Å². The van der Waals surface area contributed by atoms with E-state index in [0.29, 0.717) is 5.56 Å². The Morgan fingerprint density at radius 2 is 2.00 bits per heavy atom. The van der Waals surface area contributed by atoms with Crippen molar-refractivity contribution in [1.82, 2.24) is 10.6 Å². The minimum atomic E-state index is -2.88. The molecule has 0 aliphatic rings. The Kier molecular flexibility index (Phi) is 7.04. The molecule has 1 aromatic carbocycles. The molecule has 0 aromatic heterocycles. The molecule has 21 heavy (non-hydrogen) atoms. The van der Waals surface area contributed by atoms with Gasteiger partial charge in [0.15, 0.2) is 0 Å². The van der Waals surface area contributed by atoms with Crippen LogP contribution in [-0.4, -0.2) is 24.6 Å². The summed E-state index contributed by atoms with van der Waals surface area (Å²) < 4.78 is 29.9. The molecule has 0 aliphatic carbocycles. The molecule has 0 saturated carbocycles. The molecule has 1 unspecified atom stereocenters. The number of halogens is 3. The zero-order valence-corrected chi connectivity index (χ0v) is 13.7. The molecule has 1 rings (SSSR count). The van der Waals surface area contributed by atoms with Gasteiger partial charge in [0.05, 0.1) is 6.04 Å². The van der Waals surface area contributed by atoms with Gasteiger partial charge in [-0.15, -0.1) is 0 Å². The molecule has 1 amide bonds. The highest BCUT2D eigenvalue weighted by Gasteiger charge is 2.15. The molecule has 0 radical (unpaired) electrons. The quantitative estimate of drug-likeness (QED) is 0.781. The lowest BCUT2D eigenvalue weighted by atomic mass is 10.2. The lowest BCUT2D eigenvalue weighted by molar-refractivity contribution is -0.123. The zero-order valence-electron chi connectivity index (χ0n) is 12.1. The van der Waals surface area contributed by atoms with Gasteiger partial charge in [-0.05, 0) is 39.0 Å². The van der Waals surface area contributed by atoms with Gasteiger partial charge in [-0.3, -0.25) is 4.79 Å². The van der Waals surface area contributed by atoms with Gasteiger partial charge in [0, 0.05) is 22.6 Å². The number of alkyl halides is 2. The summed E-state index contributed by atoms with van der Waals surface area (Å²) in [6.45, 7) is 2.81. The maximum Gasteiger partial charge on any atom is 0.387 e. The van der Waals surface area contributed by atoms with Crippen molar-refractivity contribution in [2.24, 2.45) is 0 Å². The van der Waals surface area contributed by atoms with Crippen molar-refractivity contribution in [3.63, 3.8) is 0 Å². The van der Waals surface area contributed by atoms with E-state index in [1.54, 1.807) is 19.1 Å². The minimum absolute atomic E-state index is 0.0466. The highest BCUT2D eigenvalue weighted by atomic mass is 79.9. The van der Waals surface area contributed by atoms with E-state index in [1.807, 2.05) is 13.8 Å². The molecule has 0 heterocycles. The third-order valence-electron chi connectivity index (χ3n) is 2.66. The number of carbonyl (C=O) groups excluding carboxylic acids is 1. The molecule has 7 heteroatoms. The molecule has 0 fully saturated rings. The Bertz CT molecular complexity index is 484. The summed E-state index contributed by atoms with van der Waals surface area (Å²) in [7, 11) is 0. The van der Waals surface area contributed by atoms with Crippen LogP contribution in [-0.2, 0) is 11.3 Å². The van der Waals surface area contributed by atoms with Gasteiger partial charge in [0.25, 0.3) is 0 Å². The molecular formula is C14H19BrF2N2O2. The predicted octanol–water partition coefficient (Wildman–Crippen LogP) is 3.05. The maximum atomic E-state index is 12.4. The number of amides is 1. The van der Waals surface area contributed by atoms with Crippen molar-refractivity contribution in [1.29, 1.82) is 0 Å². The Hall–Kier alpha value is -1.21. The molecule has 0 aliphatic heterocycles. The van der Waals surface area contributed by atoms with Crippen molar-refractivity contribution in [3.05, 3.63) is 28.2 Å². The van der Waals surface area contributed by atoms with Gasteiger partial charge in [-0.2, -0.15) is 8.78 Å². The first-order valence-corrected chi connectivity index (χ1v) is 7.36. The second kappa shape index (κ2) is 8.29. The van der Waals surface area contributed by atoms with E-state index in [4.69, 9.17) is 0 Å². The highest BCUT2D eigenvalue weighted by molar-refractivity contribution is 9.10. The van der Waals surface area contributed by atoms with Crippen LogP contribution >= 0.6 is 15.9 Å². The van der Waals surface area contributed by atoms with Crippen molar-refractivity contribution >= 4 is 21.8 Å². The Labute approximate surface area is 131 Å². The Balaban J connectivity index is 2.69. The fourth-order valence-corrected chi connectivity index (χ4v) is 2.07. The molecule has 1 atom stereocenters. The SMILES string of the molecule is CC(C)NC(=O)C(C)NCc1cc(Br)ccc1OC(F)F. The first-order valence-electron chi connectivity index (χ1n) is 6.56. The maximum absolute atomic E-state index is 12.4. The summed E-state index contributed by atoms with van der Waals surface area (Å²) >= 11 is 3.28. The molecule has 2 N–H and O–H groups in total. The van der Waals surface area contributed by atoms with Crippen LogP contribution in [0.5, 0.6) is 5.75 Å². The highest BCUT2D eigenvalue weighted by Crippen LogP contribution is 2.24. The number of nitrogens with one attached hydrogen (secondary N) is 2. The van der Waals surface area contributed by atoms with Gasteiger partial charge < -0.3 is 15.4 Å². The first-order chi connectivity index (χ1) is 9.79. The number of hydrogen-bond donors (Lipinski definition) is 2. The number of benzene rings is 1. The Morgan fingerprint density at radius 3 is 2.57 bits per heavy atom. The summed E-state index contributed by atoms with van der Waals surface area (Å²) in [5.41, 5.74) is 0.550. The molecule has 0 bridgehead atoms. The lowest BCUT2D eigenvalue weighted by Gasteiger charge is -2.17. The molecular weight excluding hydrogens is 346 g/mol. The fourth-order valence-electron chi connectivity index (χ4n) is 1.66. The number of carbonyl (C=O) groups is 1. The van der Waals surface area contributed by atoms with Gasteiger partial charge in [0.1, 0.15) is 5.75 Å². The van der Waals surface area contributed by atoms with Crippen LogP contribution in [0, 0.1) is 0 Å². The number of rotatable bonds is 7. The average molecular weight is 365 g/mol. The molecule has 118 valence electrons. The van der Waals surface area contributed by atoms with Gasteiger partial charge in [-0.1, -0.05) is 15.9 Å². The van der Waals surface area contributed by atoms with E-state index in [1.165, 1.54) is 6.07 Å². The van der Waals surface area contributed by atoms with Crippen LogP contribution in [0.15, 0.2) is 22.7 Å². The van der Waals surface area contributed by atoms with Crippen LogP contribution < -0.4 is 15.4 Å². The topological polar surface area (TPSA) is 50.4 Å². The van der Waals surface area contributed by atoms with Crippen LogP contribution in [0.25, 0.3) is 0 Å². The smallest absolute Gasteiger partial charge is 0.387 e. The molecule has 0 spiro atoms. The first kappa shape index (κ1) is 17.8. The fraction of sp³-hybridized carbons (Fsp3) is 0.500. The molecule has 4 nitrogen and oxygen atoms in total. The van der Waals surface area contributed by atoms with E-state index < -0.39 is 12.7 Å². The lowest BCUT2D eigenvalue weighted by Crippen LogP contribution is -2.44. The van der Waals surface area contributed by atoms with E-state index in [9.17, 15) is 13.6 Å². The Morgan fingerprint density at radius 1 is 1.33 bits per heavy atom. The van der Waals surface area contributed by atoms with Crippen LogP contribution in [0.4, 0.5) is 8.78 Å². The number of hydrogen-bond acceptors (Lipinski definition) is 3. The van der Waals surface area contributed by atoms with Gasteiger partial charge in [0.2, 0.25) is 5.91 Å². The predicted molar refractivity (Wildman–Crippen MR) is 80.4 cm³/mol. The summed E-state index contributed by atoms with van der Waals surface area (Å²) in [6.07, 6.45) is 0. The average Bonchev–Trinajstić information content (AvgIpc) is 2.37.